The van der Waals surface area contributed by atoms with Crippen molar-refractivity contribution in [3.8, 4) is 0 Å². The van der Waals surface area contributed by atoms with Crippen LogP contribution in [0.15, 0.2) is 94.3 Å². The Bertz CT molecular complexity index is 1770. The molecule has 0 aliphatic carbocycles. The summed E-state index contributed by atoms with van der Waals surface area (Å²) in [5.74, 6) is -1.53. The summed E-state index contributed by atoms with van der Waals surface area (Å²) in [4.78, 5) is 50.5. The van der Waals surface area contributed by atoms with E-state index in [9.17, 15) is 14.4 Å². The minimum absolute atomic E-state index is 0.503. The predicted octanol–water partition coefficient (Wildman–Crippen LogP) is 7.82. The van der Waals surface area contributed by atoms with E-state index in [4.69, 9.17) is 26.1 Å². The monoisotopic (exact) mass is 626 g/mol. The van der Waals surface area contributed by atoms with E-state index in [1.807, 2.05) is 78.9 Å². The van der Waals surface area contributed by atoms with Gasteiger partial charge in [-0.1, -0.05) is 63.5 Å². The SMILES string of the molecule is CC(=O)O/N=C(/C)c1ccc(N(c2ccc(/C(C)=N/OC(C)=O)cc2)c2ccc(/C(C)=N\OC(C)=O)c3cc(Cl)ccc23)cc1. The van der Waals surface area contributed by atoms with Crippen molar-refractivity contribution in [2.24, 2.45) is 15.5 Å². The number of rotatable bonds is 9. The van der Waals surface area contributed by atoms with Gasteiger partial charge in [-0.25, -0.2) is 14.4 Å². The molecule has 4 aromatic carbocycles. The van der Waals surface area contributed by atoms with Crippen molar-refractivity contribution >= 4 is 74.5 Å². The number of hydrogen-bond donors (Lipinski definition) is 0. The highest BCUT2D eigenvalue weighted by atomic mass is 35.5. The van der Waals surface area contributed by atoms with Crippen LogP contribution in [0, 0.1) is 0 Å². The quantitative estimate of drug-likeness (QED) is 0.105. The Labute approximate surface area is 265 Å². The Morgan fingerprint density at radius 1 is 0.556 bits per heavy atom. The van der Waals surface area contributed by atoms with Gasteiger partial charge >= 0.3 is 17.9 Å². The molecule has 4 rings (SSSR count). The van der Waals surface area contributed by atoms with E-state index in [1.165, 1.54) is 20.8 Å². The third-order valence-corrected chi connectivity index (χ3v) is 6.84. The molecule has 0 heterocycles. The van der Waals surface area contributed by atoms with E-state index in [0.717, 1.165) is 44.5 Å². The van der Waals surface area contributed by atoms with Gasteiger partial charge in [-0.2, -0.15) is 0 Å². The third-order valence-electron chi connectivity index (χ3n) is 6.61. The first-order valence-corrected chi connectivity index (χ1v) is 14.2. The number of carbonyl (C=O) groups excluding carboxylic acids is 3. The number of oxime groups is 3. The molecule has 0 atom stereocenters. The summed E-state index contributed by atoms with van der Waals surface area (Å²) >= 11 is 6.45. The normalized spacial score (nSPS) is 12.1. The average molecular weight is 627 g/mol. The van der Waals surface area contributed by atoms with Crippen LogP contribution in [-0.2, 0) is 28.9 Å². The molecule has 0 amide bonds. The maximum absolute atomic E-state index is 11.4. The number of anilines is 3. The number of benzene rings is 4. The minimum Gasteiger partial charge on any atom is -0.318 e. The van der Waals surface area contributed by atoms with Crippen LogP contribution in [0.4, 0.5) is 17.1 Å². The highest BCUT2D eigenvalue weighted by Gasteiger charge is 2.19. The second-order valence-corrected chi connectivity index (χ2v) is 10.5. The molecule has 4 aromatic rings. The first kappa shape index (κ1) is 32.6. The zero-order chi connectivity index (χ0) is 32.7. The molecule has 0 unspecified atom stereocenters. The summed E-state index contributed by atoms with van der Waals surface area (Å²) in [5.41, 5.74) is 6.38. The second-order valence-electron chi connectivity index (χ2n) is 10.0. The second kappa shape index (κ2) is 14.4. The Hall–Kier alpha value is -5.35. The molecule has 0 aromatic heterocycles. The van der Waals surface area contributed by atoms with Crippen LogP contribution in [0.1, 0.15) is 58.2 Å². The number of fused-ring (bicyclic) bond motifs is 1. The lowest BCUT2D eigenvalue weighted by Crippen LogP contribution is -2.12. The predicted molar refractivity (Wildman–Crippen MR) is 176 cm³/mol. The molecule has 0 radical (unpaired) electrons. The maximum atomic E-state index is 11.4. The topological polar surface area (TPSA) is 119 Å². The molecule has 0 N–H and O–H groups in total. The molecular formula is C34H31ClN4O6. The van der Waals surface area contributed by atoms with Crippen molar-refractivity contribution in [2.75, 3.05) is 4.90 Å². The molecule has 0 spiro atoms. The molecular weight excluding hydrogens is 596 g/mol. The fourth-order valence-electron chi connectivity index (χ4n) is 4.50. The first-order chi connectivity index (χ1) is 21.4. The molecule has 11 heteroatoms. The van der Waals surface area contributed by atoms with E-state index >= 15 is 0 Å². The Balaban J connectivity index is 1.88. The van der Waals surface area contributed by atoms with Gasteiger partial charge in [-0.15, -0.1) is 0 Å². The van der Waals surface area contributed by atoms with Gasteiger partial charge in [0.1, 0.15) is 0 Å². The summed E-state index contributed by atoms with van der Waals surface area (Å²) in [6.45, 7) is 9.13. The smallest absolute Gasteiger partial charge is 0.318 e. The van der Waals surface area contributed by atoms with Gasteiger partial charge in [-0.3, -0.25) is 0 Å². The van der Waals surface area contributed by atoms with Crippen LogP contribution in [0.3, 0.4) is 0 Å². The molecule has 0 fully saturated rings. The Morgan fingerprint density at radius 2 is 1.00 bits per heavy atom. The average Bonchev–Trinajstić information content (AvgIpc) is 3.01. The van der Waals surface area contributed by atoms with E-state index in [2.05, 4.69) is 20.4 Å². The summed E-state index contributed by atoms with van der Waals surface area (Å²) in [7, 11) is 0. The van der Waals surface area contributed by atoms with Crippen LogP contribution < -0.4 is 4.90 Å². The zero-order valence-corrected chi connectivity index (χ0v) is 26.4. The largest absolute Gasteiger partial charge is 0.331 e. The standard InChI is InChI=1S/C34H31ClN4O6/c1-20(36-43-23(4)40)26-7-12-29(13-8-26)39(30-14-9-27(10-15-30)21(2)37-44-24(5)41)34-18-17-31(22(3)38-45-25(6)42)33-19-28(35)11-16-32(33)34/h7-19H,1-6H3/b36-20-,37-21+,38-22-. The molecule has 10 nitrogen and oxygen atoms in total. The molecule has 0 saturated carbocycles. The molecule has 45 heavy (non-hydrogen) atoms. The number of halogens is 1. The van der Waals surface area contributed by atoms with E-state index in [-0.39, 0.29) is 0 Å². The van der Waals surface area contributed by atoms with Gasteiger partial charge in [0.25, 0.3) is 0 Å². The van der Waals surface area contributed by atoms with E-state index < -0.39 is 17.9 Å². The zero-order valence-electron chi connectivity index (χ0n) is 25.6. The molecule has 230 valence electrons. The van der Waals surface area contributed by atoms with Gasteiger partial charge in [0.2, 0.25) is 0 Å². The summed E-state index contributed by atoms with van der Waals surface area (Å²) in [6.07, 6.45) is 0. The van der Waals surface area contributed by atoms with Crippen LogP contribution in [-0.4, -0.2) is 35.0 Å². The van der Waals surface area contributed by atoms with Crippen molar-refractivity contribution in [1.29, 1.82) is 0 Å². The van der Waals surface area contributed by atoms with Crippen molar-refractivity contribution in [2.45, 2.75) is 41.5 Å². The van der Waals surface area contributed by atoms with Gasteiger partial charge in [0.05, 0.1) is 22.8 Å². The molecule has 0 bridgehead atoms. The van der Waals surface area contributed by atoms with Crippen LogP contribution >= 0.6 is 11.6 Å². The fourth-order valence-corrected chi connectivity index (χ4v) is 4.67. The highest BCUT2D eigenvalue weighted by Crippen LogP contribution is 2.41. The van der Waals surface area contributed by atoms with Crippen LogP contribution in [0.5, 0.6) is 0 Å². The first-order valence-electron chi connectivity index (χ1n) is 13.8. The number of hydrogen-bond acceptors (Lipinski definition) is 10. The van der Waals surface area contributed by atoms with Crippen molar-refractivity contribution in [1.82, 2.24) is 0 Å². The Kier molecular flexibility index (Phi) is 10.4. The third kappa shape index (κ3) is 8.18. The van der Waals surface area contributed by atoms with Gasteiger partial charge in [0, 0.05) is 48.1 Å². The summed E-state index contributed by atoms with van der Waals surface area (Å²) in [6, 6.07) is 24.7. The lowest BCUT2D eigenvalue weighted by Gasteiger charge is -2.28. The lowest BCUT2D eigenvalue weighted by atomic mass is 9.98. The van der Waals surface area contributed by atoms with Gasteiger partial charge in [0.15, 0.2) is 0 Å². The van der Waals surface area contributed by atoms with Crippen molar-refractivity contribution < 1.29 is 28.9 Å². The molecule has 0 saturated heterocycles. The van der Waals surface area contributed by atoms with Gasteiger partial charge < -0.3 is 19.4 Å². The van der Waals surface area contributed by atoms with Crippen molar-refractivity contribution in [3.05, 3.63) is 101 Å². The Morgan fingerprint density at radius 3 is 1.44 bits per heavy atom. The van der Waals surface area contributed by atoms with E-state index in [0.29, 0.717) is 22.2 Å². The highest BCUT2D eigenvalue weighted by molar-refractivity contribution is 6.32. The van der Waals surface area contributed by atoms with E-state index in [1.54, 1.807) is 20.8 Å². The van der Waals surface area contributed by atoms with Gasteiger partial charge in [-0.05, 0) is 79.7 Å². The molecule has 0 aliphatic heterocycles. The number of carbonyl (C=O) groups is 3. The summed E-state index contributed by atoms with van der Waals surface area (Å²) < 4.78 is 0. The van der Waals surface area contributed by atoms with Crippen LogP contribution in [0.2, 0.25) is 5.02 Å². The lowest BCUT2D eigenvalue weighted by molar-refractivity contribution is -0.141. The number of nitrogens with zero attached hydrogens (tertiary/aromatic N) is 4. The maximum Gasteiger partial charge on any atom is 0.331 e. The van der Waals surface area contributed by atoms with Crippen LogP contribution in [0.25, 0.3) is 10.8 Å². The summed E-state index contributed by atoms with van der Waals surface area (Å²) in [5, 5.41) is 14.0. The fraction of sp³-hybridized carbons (Fsp3) is 0.176. The minimum atomic E-state index is -0.521. The van der Waals surface area contributed by atoms with Crippen molar-refractivity contribution in [3.63, 3.8) is 0 Å². The molecule has 0 aliphatic rings.